The maximum atomic E-state index is 9.34. The number of nitrogens with one attached hydrogen (secondary N) is 4. The third kappa shape index (κ3) is 22.9. The number of rotatable bonds is 1. The molecule has 0 amide bonds. The number of hydrogen-bond donors (Lipinski definition) is 3. The van der Waals surface area contributed by atoms with Gasteiger partial charge in [-0.1, -0.05) is 0 Å². The fourth-order valence-corrected chi connectivity index (χ4v) is 0.289. The van der Waals surface area contributed by atoms with E-state index in [1.807, 2.05) is 0 Å². The zero-order valence-corrected chi connectivity index (χ0v) is 14.5. The van der Waals surface area contributed by atoms with E-state index in [1.165, 1.54) is 12.7 Å². The van der Waals surface area contributed by atoms with Crippen LogP contribution in [0.5, 0.6) is 0 Å². The number of aliphatic hydroxyl groups excluding tert-OH is 1. The summed E-state index contributed by atoms with van der Waals surface area (Å²) in [4.78, 5) is 9.34. The fourth-order valence-electron chi connectivity index (χ4n) is 0.289. The van der Waals surface area contributed by atoms with Crippen molar-refractivity contribution in [3.05, 3.63) is 12.7 Å². The maximum absolute atomic E-state index is 9.34. The number of carbonyl (C=O) groups is 1. The van der Waals surface area contributed by atoms with Crippen LogP contribution in [0.3, 0.4) is 0 Å². The van der Waals surface area contributed by atoms with E-state index in [-0.39, 0.29) is 60.4 Å². The van der Waals surface area contributed by atoms with Crippen LogP contribution in [0.15, 0.2) is 12.7 Å². The summed E-state index contributed by atoms with van der Waals surface area (Å²) in [5.41, 5.74) is 0. The van der Waals surface area contributed by atoms with E-state index in [1.54, 1.807) is 0 Å². The van der Waals surface area contributed by atoms with Crippen LogP contribution < -0.4 is 75.7 Å². The molecular formula is C5H11ClI2N8O3-2. The molecule has 2 rings (SSSR count). The third-order valence-electron chi connectivity index (χ3n) is 0.930. The molecule has 0 saturated carbocycles. The number of carboxylic acid groups (broad SMARTS) is 1. The molecule has 14 heteroatoms. The van der Waals surface area contributed by atoms with Crippen molar-refractivity contribution < 1.29 is 85.6 Å². The largest absolute Gasteiger partial charge is 1.00 e. The third-order valence-corrected chi connectivity index (χ3v) is 0.930. The Balaban J connectivity index is -0.0000000824. The highest BCUT2D eigenvalue weighted by atomic mass is 127. The van der Waals surface area contributed by atoms with Crippen LogP contribution in [0.1, 0.15) is 6.92 Å². The molecule has 1 unspecified atom stereocenters. The monoisotopic (exact) mass is 520 g/mol. The Morgan fingerprint density at radius 2 is 1.53 bits per heavy atom. The molecule has 2 heterocycles. The molecule has 0 fully saturated rings. The second-order valence-electron chi connectivity index (χ2n) is 2.20. The lowest BCUT2D eigenvalue weighted by Gasteiger charge is -2.00. The van der Waals surface area contributed by atoms with E-state index in [0.29, 0.717) is 0 Å². The van der Waals surface area contributed by atoms with E-state index in [9.17, 15) is 9.90 Å². The van der Waals surface area contributed by atoms with Crippen LogP contribution >= 0.6 is 0 Å². The van der Waals surface area contributed by atoms with Crippen LogP contribution in [0.2, 0.25) is 0 Å². The Hall–Kier alpha value is -0.680. The number of aliphatic hydroxyl groups is 1. The molecular weight excluding hydrogens is 509 g/mol. The minimum absolute atomic E-state index is 0. The molecule has 112 valence electrons. The lowest BCUT2D eigenvalue weighted by Crippen LogP contribution is -3.00. The number of aromatic amines is 4. The molecule has 11 nitrogen and oxygen atoms in total. The van der Waals surface area contributed by atoms with Crippen molar-refractivity contribution in [1.82, 2.24) is 31.1 Å². The molecule has 0 spiro atoms. The second-order valence-corrected chi connectivity index (χ2v) is 2.20. The van der Waals surface area contributed by atoms with E-state index in [2.05, 4.69) is 41.2 Å². The number of halogens is 3. The van der Waals surface area contributed by atoms with Gasteiger partial charge in [0.1, 0.15) is 10.4 Å². The SMILES string of the molecule is CC(O)C(=O)[O-].[Cl-].[I-].[I-].c1[nH]nn[nH+]1.c1[nH]nn[nH+]1. The van der Waals surface area contributed by atoms with Crippen molar-refractivity contribution in [2.24, 2.45) is 0 Å². The molecule has 0 aromatic carbocycles. The first-order valence-electron chi connectivity index (χ1n) is 3.98. The minimum Gasteiger partial charge on any atom is -1.00 e. The highest BCUT2D eigenvalue weighted by molar-refractivity contribution is 5.68. The van der Waals surface area contributed by atoms with Crippen molar-refractivity contribution >= 4 is 5.97 Å². The Kier molecular flexibility index (Phi) is 27.7. The number of H-pyrrole nitrogens is 4. The predicted octanol–water partition coefficient (Wildman–Crippen LogP) is -13.6. The van der Waals surface area contributed by atoms with Crippen LogP contribution in [0, 0.1) is 0 Å². The quantitative estimate of drug-likeness (QED) is 0.313. The van der Waals surface area contributed by atoms with Crippen LogP contribution in [0.4, 0.5) is 0 Å². The molecule has 0 aliphatic carbocycles. The van der Waals surface area contributed by atoms with Gasteiger partial charge in [0.25, 0.3) is 0 Å². The van der Waals surface area contributed by atoms with Crippen LogP contribution in [0.25, 0.3) is 0 Å². The molecule has 19 heavy (non-hydrogen) atoms. The van der Waals surface area contributed by atoms with E-state index in [0.717, 1.165) is 6.92 Å². The molecule has 2 aromatic rings. The number of aromatic nitrogens is 8. The van der Waals surface area contributed by atoms with Gasteiger partial charge in [-0.05, 0) is 6.92 Å². The van der Waals surface area contributed by atoms with Gasteiger partial charge < -0.3 is 75.4 Å². The maximum Gasteiger partial charge on any atom is 0.239 e. The molecule has 0 aliphatic rings. The second kappa shape index (κ2) is 19.7. The lowest BCUT2D eigenvalue weighted by molar-refractivity contribution is -0.456. The number of nitrogens with zero attached hydrogens (tertiary/aromatic N) is 4. The first-order valence-corrected chi connectivity index (χ1v) is 3.98. The van der Waals surface area contributed by atoms with Gasteiger partial charge >= 0.3 is 0 Å². The summed E-state index contributed by atoms with van der Waals surface area (Å²) in [5.74, 6) is -1.44. The van der Waals surface area contributed by atoms with Gasteiger partial charge in [-0.15, -0.1) is 10.2 Å². The fraction of sp³-hybridized carbons (Fsp3) is 0.400. The Morgan fingerprint density at radius 3 is 1.58 bits per heavy atom. The van der Waals surface area contributed by atoms with Crippen molar-refractivity contribution in [2.45, 2.75) is 13.0 Å². The van der Waals surface area contributed by atoms with E-state index < -0.39 is 12.1 Å². The average Bonchev–Trinajstić information content (AvgIpc) is 2.97. The summed E-state index contributed by atoms with van der Waals surface area (Å²) >= 11 is 0. The molecule has 5 N–H and O–H groups in total. The normalized spacial score (nSPS) is 8.53. The molecule has 0 saturated heterocycles. The Bertz CT molecular complexity index is 286. The van der Waals surface area contributed by atoms with Crippen LogP contribution in [-0.2, 0) is 4.79 Å². The summed E-state index contributed by atoms with van der Waals surface area (Å²) < 4.78 is 0. The number of carboxylic acids is 1. The lowest BCUT2D eigenvalue weighted by atomic mass is 10.4. The van der Waals surface area contributed by atoms with Gasteiger partial charge in [0, 0.05) is 0 Å². The molecule has 0 radical (unpaired) electrons. The first-order chi connectivity index (χ1) is 7.64. The number of tetrazole rings is 2. The van der Waals surface area contributed by atoms with Gasteiger partial charge in [0.15, 0.2) is 10.4 Å². The smallest absolute Gasteiger partial charge is 0.239 e. The van der Waals surface area contributed by atoms with Crippen molar-refractivity contribution in [3.8, 4) is 0 Å². The highest BCUT2D eigenvalue weighted by Crippen LogP contribution is 1.69. The van der Waals surface area contributed by atoms with Gasteiger partial charge in [-0.3, -0.25) is 0 Å². The summed E-state index contributed by atoms with van der Waals surface area (Å²) in [6.07, 6.45) is 1.71. The summed E-state index contributed by atoms with van der Waals surface area (Å²) in [7, 11) is 0. The molecule has 1 atom stereocenters. The number of hydrogen-bond acceptors (Lipinski definition) is 7. The van der Waals surface area contributed by atoms with Crippen molar-refractivity contribution in [3.63, 3.8) is 0 Å². The standard InChI is InChI=1S/C3H6O3.2CH2N4.ClH.2HI/c1-2(4)3(5)6;2*1-2-4-5-3-1;;;/h2,4H,1H3,(H,5,6);2*1H,(H,2,3,4,5);3*1H/p-2. The Labute approximate surface area is 147 Å². The zero-order chi connectivity index (χ0) is 12.2. The van der Waals surface area contributed by atoms with E-state index >= 15 is 0 Å². The first kappa shape index (κ1) is 26.8. The minimum atomic E-state index is -1.44. The van der Waals surface area contributed by atoms with Crippen molar-refractivity contribution in [1.29, 1.82) is 0 Å². The summed E-state index contributed by atoms with van der Waals surface area (Å²) in [6.45, 7) is 1.13. The number of aliphatic carboxylic acids is 1. The Morgan fingerprint density at radius 1 is 1.21 bits per heavy atom. The van der Waals surface area contributed by atoms with Gasteiger partial charge in [-0.25, -0.2) is 0 Å². The number of carbonyl (C=O) groups excluding carboxylic acids is 1. The zero-order valence-electron chi connectivity index (χ0n) is 9.42. The van der Waals surface area contributed by atoms with Gasteiger partial charge in [0.05, 0.1) is 12.1 Å². The topological polar surface area (TPSA) is 172 Å². The van der Waals surface area contributed by atoms with Gasteiger partial charge in [0.2, 0.25) is 12.7 Å². The summed E-state index contributed by atoms with van der Waals surface area (Å²) in [6, 6.07) is 0. The van der Waals surface area contributed by atoms with Crippen molar-refractivity contribution in [2.75, 3.05) is 0 Å². The molecule has 2 aromatic heterocycles. The average molecular weight is 520 g/mol. The molecule has 0 aliphatic heterocycles. The van der Waals surface area contributed by atoms with Crippen LogP contribution in [-0.4, -0.2) is 48.2 Å². The van der Waals surface area contributed by atoms with E-state index in [4.69, 9.17) is 5.11 Å². The molecule has 0 bridgehead atoms. The summed E-state index contributed by atoms with van der Waals surface area (Å²) in [5, 5.41) is 40.2. The highest BCUT2D eigenvalue weighted by Gasteiger charge is 1.89. The predicted molar refractivity (Wildman–Crippen MR) is 42.6 cm³/mol. The van der Waals surface area contributed by atoms with Gasteiger partial charge in [-0.2, -0.15) is 10.2 Å².